The van der Waals surface area contributed by atoms with Gasteiger partial charge in [0.25, 0.3) is 5.69 Å². The van der Waals surface area contributed by atoms with E-state index in [-0.39, 0.29) is 11.8 Å². The van der Waals surface area contributed by atoms with Gasteiger partial charge in [-0.05, 0) is 19.1 Å². The Kier molecular flexibility index (Phi) is 3.04. The van der Waals surface area contributed by atoms with Gasteiger partial charge in [0, 0.05) is 17.7 Å². The zero-order valence-corrected chi connectivity index (χ0v) is 9.12. The van der Waals surface area contributed by atoms with E-state index in [0.717, 1.165) is 0 Å². The van der Waals surface area contributed by atoms with Crippen molar-refractivity contribution in [2.24, 2.45) is 0 Å². The highest BCUT2D eigenvalue weighted by molar-refractivity contribution is 5.58. The molecule has 0 fully saturated rings. The second-order valence-electron chi connectivity index (χ2n) is 3.23. The molecule has 0 N–H and O–H groups in total. The molecule has 17 heavy (non-hydrogen) atoms. The number of aromatic nitrogens is 1. The van der Waals surface area contributed by atoms with E-state index in [0.29, 0.717) is 17.9 Å². The summed E-state index contributed by atoms with van der Waals surface area (Å²) in [7, 11) is 0. The van der Waals surface area contributed by atoms with Crippen LogP contribution >= 0.6 is 0 Å². The molecule has 0 unspecified atom stereocenters. The quantitative estimate of drug-likeness (QED) is 0.600. The van der Waals surface area contributed by atoms with Crippen molar-refractivity contribution in [2.45, 2.75) is 6.92 Å². The van der Waals surface area contributed by atoms with E-state index in [1.807, 2.05) is 6.92 Å². The van der Waals surface area contributed by atoms with Gasteiger partial charge in [-0.3, -0.25) is 10.1 Å². The van der Waals surface area contributed by atoms with Crippen molar-refractivity contribution in [1.29, 1.82) is 0 Å². The molecule has 0 radical (unpaired) electrons. The van der Waals surface area contributed by atoms with Crippen LogP contribution in [0, 0.1) is 10.1 Å². The Morgan fingerprint density at radius 1 is 1.41 bits per heavy atom. The molecule has 0 aliphatic rings. The molecule has 0 bridgehead atoms. The average molecular weight is 234 g/mol. The highest BCUT2D eigenvalue weighted by Crippen LogP contribution is 2.25. The maximum Gasteiger partial charge on any atom is 0.394 e. The topological polar surface area (TPSA) is 78.4 Å². The summed E-state index contributed by atoms with van der Waals surface area (Å²) >= 11 is 0. The summed E-state index contributed by atoms with van der Waals surface area (Å²) < 4.78 is 10.4. The van der Waals surface area contributed by atoms with Gasteiger partial charge in [-0.1, -0.05) is 0 Å². The second kappa shape index (κ2) is 4.65. The number of oxazole rings is 1. The number of rotatable bonds is 4. The van der Waals surface area contributed by atoms with Crippen molar-refractivity contribution in [3.63, 3.8) is 0 Å². The number of nitro groups is 1. The molecular weight excluding hydrogens is 224 g/mol. The third-order valence-corrected chi connectivity index (χ3v) is 2.11. The van der Waals surface area contributed by atoms with Crippen LogP contribution < -0.4 is 4.74 Å². The lowest BCUT2D eigenvalue weighted by Gasteiger charge is -1.96. The molecule has 0 saturated heterocycles. The number of non-ortho nitro benzene ring substituents is 1. The normalized spacial score (nSPS) is 10.2. The predicted molar refractivity (Wildman–Crippen MR) is 59.8 cm³/mol. The zero-order valence-electron chi connectivity index (χ0n) is 9.12. The van der Waals surface area contributed by atoms with Crippen molar-refractivity contribution in [3.8, 4) is 17.4 Å². The Morgan fingerprint density at radius 3 is 2.71 bits per heavy atom. The molecule has 0 atom stereocenters. The summed E-state index contributed by atoms with van der Waals surface area (Å²) in [6, 6.07) is 6.04. The third-order valence-electron chi connectivity index (χ3n) is 2.11. The SMILES string of the molecule is CCOc1ncc(-c2ccc([N+](=O)[O-])cc2)o1. The van der Waals surface area contributed by atoms with Crippen LogP contribution in [0.2, 0.25) is 0 Å². The molecule has 1 heterocycles. The van der Waals surface area contributed by atoms with Crippen LogP contribution in [0.4, 0.5) is 5.69 Å². The van der Waals surface area contributed by atoms with Crippen molar-refractivity contribution in [1.82, 2.24) is 4.98 Å². The van der Waals surface area contributed by atoms with Gasteiger partial charge < -0.3 is 9.15 Å². The summed E-state index contributed by atoms with van der Waals surface area (Å²) in [5.74, 6) is 0.517. The van der Waals surface area contributed by atoms with Gasteiger partial charge in [0.1, 0.15) is 0 Å². The molecule has 0 saturated carbocycles. The molecule has 6 heteroatoms. The van der Waals surface area contributed by atoms with Crippen LogP contribution in [0.15, 0.2) is 34.9 Å². The number of nitro benzene ring substituents is 1. The fourth-order valence-electron chi connectivity index (χ4n) is 1.33. The van der Waals surface area contributed by atoms with Crippen molar-refractivity contribution in [2.75, 3.05) is 6.61 Å². The first-order chi connectivity index (χ1) is 8.20. The Balaban J connectivity index is 2.23. The lowest BCUT2D eigenvalue weighted by Crippen LogP contribution is -1.89. The van der Waals surface area contributed by atoms with Crippen molar-refractivity contribution in [3.05, 3.63) is 40.6 Å². The first kappa shape index (κ1) is 11.1. The summed E-state index contributed by atoms with van der Waals surface area (Å²) in [5.41, 5.74) is 0.757. The fraction of sp³-hybridized carbons (Fsp3) is 0.182. The molecule has 0 spiro atoms. The minimum Gasteiger partial charge on any atom is -0.450 e. The van der Waals surface area contributed by atoms with Gasteiger partial charge in [0.15, 0.2) is 5.76 Å². The lowest BCUT2D eigenvalue weighted by molar-refractivity contribution is -0.384. The predicted octanol–water partition coefficient (Wildman–Crippen LogP) is 2.65. The minimum atomic E-state index is -0.449. The molecule has 6 nitrogen and oxygen atoms in total. The van der Waals surface area contributed by atoms with Crippen LogP contribution in [0.5, 0.6) is 6.08 Å². The minimum absolute atomic E-state index is 0.0401. The molecule has 0 aliphatic heterocycles. The molecular formula is C11H10N2O4. The molecule has 2 aromatic rings. The van der Waals surface area contributed by atoms with Crippen LogP contribution in [-0.2, 0) is 0 Å². The van der Waals surface area contributed by atoms with E-state index in [4.69, 9.17) is 9.15 Å². The maximum absolute atomic E-state index is 10.5. The number of ether oxygens (including phenoxy) is 1. The van der Waals surface area contributed by atoms with Gasteiger partial charge in [-0.2, -0.15) is 4.98 Å². The Bertz CT molecular complexity index is 519. The van der Waals surface area contributed by atoms with E-state index in [9.17, 15) is 10.1 Å². The number of hydrogen-bond acceptors (Lipinski definition) is 5. The molecule has 2 rings (SSSR count). The molecule has 88 valence electrons. The Morgan fingerprint density at radius 2 is 2.12 bits per heavy atom. The van der Waals surface area contributed by atoms with Crippen LogP contribution in [-0.4, -0.2) is 16.5 Å². The average Bonchev–Trinajstić information content (AvgIpc) is 2.78. The van der Waals surface area contributed by atoms with Crippen LogP contribution in [0.25, 0.3) is 11.3 Å². The number of benzene rings is 1. The van der Waals surface area contributed by atoms with E-state index in [1.165, 1.54) is 18.3 Å². The lowest BCUT2D eigenvalue weighted by atomic mass is 10.2. The monoisotopic (exact) mass is 234 g/mol. The molecule has 1 aromatic heterocycles. The van der Waals surface area contributed by atoms with E-state index in [2.05, 4.69) is 4.98 Å². The summed E-state index contributed by atoms with van der Waals surface area (Å²) in [5, 5.41) is 10.5. The summed E-state index contributed by atoms with van der Waals surface area (Å²) in [4.78, 5) is 14.0. The van der Waals surface area contributed by atoms with Gasteiger partial charge in [0.05, 0.1) is 17.7 Å². The molecule has 1 aromatic carbocycles. The summed E-state index contributed by atoms with van der Waals surface area (Å²) in [6.45, 7) is 2.30. The largest absolute Gasteiger partial charge is 0.450 e. The van der Waals surface area contributed by atoms with E-state index >= 15 is 0 Å². The first-order valence-corrected chi connectivity index (χ1v) is 5.04. The molecule has 0 aliphatic carbocycles. The van der Waals surface area contributed by atoms with Gasteiger partial charge in [0.2, 0.25) is 0 Å². The standard InChI is InChI=1S/C11H10N2O4/c1-2-16-11-12-7-10(17-11)8-3-5-9(6-4-8)13(14)15/h3-7H,2H2,1H3. The van der Waals surface area contributed by atoms with E-state index < -0.39 is 4.92 Å². The smallest absolute Gasteiger partial charge is 0.394 e. The zero-order chi connectivity index (χ0) is 12.3. The van der Waals surface area contributed by atoms with Crippen molar-refractivity contribution >= 4 is 5.69 Å². The number of hydrogen-bond donors (Lipinski definition) is 0. The fourth-order valence-corrected chi connectivity index (χ4v) is 1.33. The first-order valence-electron chi connectivity index (χ1n) is 5.04. The highest BCUT2D eigenvalue weighted by Gasteiger charge is 2.09. The Labute approximate surface area is 97.0 Å². The molecule has 0 amide bonds. The van der Waals surface area contributed by atoms with Gasteiger partial charge in [-0.25, -0.2) is 0 Å². The number of nitrogens with zero attached hydrogens (tertiary/aromatic N) is 2. The Hall–Kier alpha value is -2.37. The van der Waals surface area contributed by atoms with Crippen LogP contribution in [0.1, 0.15) is 6.92 Å². The van der Waals surface area contributed by atoms with Gasteiger partial charge in [-0.15, -0.1) is 0 Å². The van der Waals surface area contributed by atoms with Gasteiger partial charge >= 0.3 is 6.08 Å². The van der Waals surface area contributed by atoms with Crippen LogP contribution in [0.3, 0.4) is 0 Å². The second-order valence-corrected chi connectivity index (χ2v) is 3.23. The third kappa shape index (κ3) is 2.41. The van der Waals surface area contributed by atoms with Crippen molar-refractivity contribution < 1.29 is 14.1 Å². The maximum atomic E-state index is 10.5. The highest BCUT2D eigenvalue weighted by atomic mass is 16.6. The summed E-state index contributed by atoms with van der Waals surface area (Å²) in [6.07, 6.45) is 1.72. The van der Waals surface area contributed by atoms with E-state index in [1.54, 1.807) is 12.1 Å².